The van der Waals surface area contributed by atoms with E-state index in [2.05, 4.69) is 9.97 Å². The van der Waals surface area contributed by atoms with Crippen LogP contribution in [0.3, 0.4) is 0 Å². The number of nitrogens with zero attached hydrogens (tertiary/aromatic N) is 2. The number of anilines is 2. The largest absolute Gasteiger partial charge is 0.490 e. The number of hydrogen-bond donors (Lipinski definition) is 2. The molecule has 1 heterocycles. The van der Waals surface area contributed by atoms with Crippen molar-refractivity contribution in [3.63, 3.8) is 0 Å². The Kier molecular flexibility index (Phi) is 2.59. The van der Waals surface area contributed by atoms with Crippen molar-refractivity contribution in [1.82, 2.24) is 9.97 Å². The monoisotopic (exact) mass is 216 g/mol. The molecule has 0 saturated carbocycles. The van der Waals surface area contributed by atoms with Crippen LogP contribution in [0.1, 0.15) is 0 Å². The van der Waals surface area contributed by atoms with Crippen LogP contribution in [-0.4, -0.2) is 17.1 Å². The first-order chi connectivity index (χ1) is 7.72. The van der Waals surface area contributed by atoms with Gasteiger partial charge in [-0.25, -0.2) is 9.97 Å². The molecule has 2 rings (SSSR count). The fourth-order valence-corrected chi connectivity index (χ4v) is 1.41. The quantitative estimate of drug-likeness (QED) is 0.790. The number of ether oxygens (including phenoxy) is 1. The van der Waals surface area contributed by atoms with Gasteiger partial charge in [0.2, 0.25) is 5.75 Å². The highest BCUT2D eigenvalue weighted by Gasteiger charge is 2.10. The number of benzene rings is 1. The molecule has 4 N–H and O–H groups in total. The summed E-state index contributed by atoms with van der Waals surface area (Å²) in [6.07, 6.45) is 0. The number of aromatic nitrogens is 2. The molecule has 5 heteroatoms. The molecule has 1 aromatic heterocycles. The Hall–Kier alpha value is -2.30. The van der Waals surface area contributed by atoms with E-state index in [4.69, 9.17) is 16.2 Å². The van der Waals surface area contributed by atoms with Gasteiger partial charge < -0.3 is 16.2 Å². The van der Waals surface area contributed by atoms with E-state index in [1.165, 1.54) is 7.11 Å². The third-order valence-electron chi connectivity index (χ3n) is 2.15. The molecule has 16 heavy (non-hydrogen) atoms. The van der Waals surface area contributed by atoms with E-state index in [-0.39, 0.29) is 11.6 Å². The maximum absolute atomic E-state index is 5.71. The van der Waals surface area contributed by atoms with Gasteiger partial charge in [-0.15, -0.1) is 0 Å². The Morgan fingerprint density at radius 1 is 1.00 bits per heavy atom. The van der Waals surface area contributed by atoms with Crippen LogP contribution in [0.25, 0.3) is 11.4 Å². The maximum Gasteiger partial charge on any atom is 0.203 e. The summed E-state index contributed by atoms with van der Waals surface area (Å²) in [6.45, 7) is 0. The first-order valence-electron chi connectivity index (χ1n) is 4.74. The normalized spacial score (nSPS) is 10.1. The van der Waals surface area contributed by atoms with Crippen LogP contribution in [0.15, 0.2) is 30.3 Å². The van der Waals surface area contributed by atoms with E-state index >= 15 is 0 Å². The number of nitrogens with two attached hydrogens (primary N) is 2. The number of hydrogen-bond acceptors (Lipinski definition) is 5. The summed E-state index contributed by atoms with van der Waals surface area (Å²) in [5.41, 5.74) is 12.3. The SMILES string of the molecule is COc1c(N)nc(-c2ccccc2)nc1N. The van der Waals surface area contributed by atoms with Gasteiger partial charge >= 0.3 is 0 Å². The lowest BCUT2D eigenvalue weighted by molar-refractivity contribution is 0.416. The molecule has 0 amide bonds. The highest BCUT2D eigenvalue weighted by Crippen LogP contribution is 2.28. The molecule has 82 valence electrons. The lowest BCUT2D eigenvalue weighted by atomic mass is 10.2. The third kappa shape index (κ3) is 1.75. The van der Waals surface area contributed by atoms with Gasteiger partial charge in [-0.3, -0.25) is 0 Å². The van der Waals surface area contributed by atoms with Crippen LogP contribution in [0, 0.1) is 0 Å². The first kappa shape index (κ1) is 10.2. The van der Waals surface area contributed by atoms with Crippen molar-refractivity contribution < 1.29 is 4.74 Å². The van der Waals surface area contributed by atoms with Crippen molar-refractivity contribution in [1.29, 1.82) is 0 Å². The average Bonchev–Trinajstić information content (AvgIpc) is 2.30. The van der Waals surface area contributed by atoms with Crippen molar-refractivity contribution in [2.45, 2.75) is 0 Å². The lowest BCUT2D eigenvalue weighted by Gasteiger charge is -2.08. The van der Waals surface area contributed by atoms with Gasteiger partial charge in [0.25, 0.3) is 0 Å². The van der Waals surface area contributed by atoms with E-state index in [9.17, 15) is 0 Å². The molecule has 1 aromatic carbocycles. The highest BCUT2D eigenvalue weighted by molar-refractivity contribution is 5.66. The lowest BCUT2D eigenvalue weighted by Crippen LogP contribution is -2.04. The van der Waals surface area contributed by atoms with Crippen LogP contribution >= 0.6 is 0 Å². The van der Waals surface area contributed by atoms with Gasteiger partial charge in [-0.05, 0) is 0 Å². The maximum atomic E-state index is 5.71. The second-order valence-electron chi connectivity index (χ2n) is 3.22. The summed E-state index contributed by atoms with van der Waals surface area (Å²) in [5, 5.41) is 0. The van der Waals surface area contributed by atoms with Crippen molar-refractivity contribution in [3.8, 4) is 17.1 Å². The van der Waals surface area contributed by atoms with Gasteiger partial charge in [-0.2, -0.15) is 0 Å². The topological polar surface area (TPSA) is 87.0 Å². The second-order valence-corrected chi connectivity index (χ2v) is 3.22. The van der Waals surface area contributed by atoms with Gasteiger partial charge in [0, 0.05) is 5.56 Å². The molecule has 0 unspecified atom stereocenters. The van der Waals surface area contributed by atoms with E-state index < -0.39 is 0 Å². The van der Waals surface area contributed by atoms with E-state index in [1.54, 1.807) is 0 Å². The van der Waals surface area contributed by atoms with Crippen LogP contribution in [0.2, 0.25) is 0 Å². The molecule has 0 aliphatic carbocycles. The summed E-state index contributed by atoms with van der Waals surface area (Å²) >= 11 is 0. The Labute approximate surface area is 93.1 Å². The molecular weight excluding hydrogens is 204 g/mol. The molecular formula is C11H12N4O. The second kappa shape index (κ2) is 4.06. The Morgan fingerprint density at radius 3 is 2.06 bits per heavy atom. The Bertz CT molecular complexity index is 476. The van der Waals surface area contributed by atoms with Crippen LogP contribution in [0.5, 0.6) is 5.75 Å². The van der Waals surface area contributed by atoms with Crippen molar-refractivity contribution in [2.75, 3.05) is 18.6 Å². The van der Waals surface area contributed by atoms with Crippen LogP contribution in [0.4, 0.5) is 11.6 Å². The minimum Gasteiger partial charge on any atom is -0.490 e. The van der Waals surface area contributed by atoms with Crippen molar-refractivity contribution in [3.05, 3.63) is 30.3 Å². The van der Waals surface area contributed by atoms with E-state index in [0.717, 1.165) is 5.56 Å². The van der Waals surface area contributed by atoms with E-state index in [0.29, 0.717) is 11.6 Å². The molecule has 0 aliphatic heterocycles. The minimum atomic E-state index is 0.244. The van der Waals surface area contributed by atoms with Crippen LogP contribution in [-0.2, 0) is 0 Å². The minimum absolute atomic E-state index is 0.244. The smallest absolute Gasteiger partial charge is 0.203 e. The predicted octanol–water partition coefficient (Wildman–Crippen LogP) is 1.32. The fraction of sp³-hybridized carbons (Fsp3) is 0.0909. The summed E-state index contributed by atoms with van der Waals surface area (Å²) < 4.78 is 4.99. The molecule has 2 aromatic rings. The number of nitrogen functional groups attached to an aromatic ring is 2. The molecule has 0 atom stereocenters. The van der Waals surface area contributed by atoms with Gasteiger partial charge in [0.05, 0.1) is 7.11 Å². The van der Waals surface area contributed by atoms with Gasteiger partial charge in [0.1, 0.15) is 0 Å². The zero-order valence-corrected chi connectivity index (χ0v) is 8.84. The summed E-state index contributed by atoms with van der Waals surface area (Å²) in [6, 6.07) is 9.49. The number of methoxy groups -OCH3 is 1. The van der Waals surface area contributed by atoms with E-state index in [1.807, 2.05) is 30.3 Å². The summed E-state index contributed by atoms with van der Waals surface area (Å²) in [7, 11) is 1.48. The first-order valence-corrected chi connectivity index (χ1v) is 4.74. The van der Waals surface area contributed by atoms with Gasteiger partial charge in [0.15, 0.2) is 17.5 Å². The predicted molar refractivity (Wildman–Crippen MR) is 62.8 cm³/mol. The Morgan fingerprint density at radius 2 is 1.56 bits per heavy atom. The van der Waals surface area contributed by atoms with Crippen LogP contribution < -0.4 is 16.2 Å². The molecule has 0 spiro atoms. The van der Waals surface area contributed by atoms with Gasteiger partial charge in [-0.1, -0.05) is 30.3 Å². The zero-order chi connectivity index (χ0) is 11.5. The third-order valence-corrected chi connectivity index (χ3v) is 2.15. The summed E-state index contributed by atoms with van der Waals surface area (Å²) in [5.74, 6) is 1.30. The van der Waals surface area contributed by atoms with Crippen molar-refractivity contribution in [2.24, 2.45) is 0 Å². The Balaban J connectivity index is 2.53. The molecule has 5 nitrogen and oxygen atoms in total. The summed E-state index contributed by atoms with van der Waals surface area (Å²) in [4.78, 5) is 8.27. The number of rotatable bonds is 2. The van der Waals surface area contributed by atoms with Crippen molar-refractivity contribution >= 4 is 11.6 Å². The molecule has 0 fully saturated rings. The standard InChI is InChI=1S/C11H12N4O/c1-16-8-9(12)14-11(15-10(8)13)7-5-3-2-4-6-7/h2-6H,1H3,(H4,12,13,14,15). The molecule has 0 saturated heterocycles. The average molecular weight is 216 g/mol. The molecule has 0 bridgehead atoms. The molecule has 0 aliphatic rings. The zero-order valence-electron chi connectivity index (χ0n) is 8.84. The fourth-order valence-electron chi connectivity index (χ4n) is 1.41. The molecule has 0 radical (unpaired) electrons. The highest BCUT2D eigenvalue weighted by atomic mass is 16.5.